The molecule has 3 N–H and O–H groups in total. The van der Waals surface area contributed by atoms with Gasteiger partial charge in [-0.3, -0.25) is 0 Å². The maximum atomic E-state index is 12.4. The lowest BCUT2D eigenvalue weighted by molar-refractivity contribution is -0.138. The summed E-state index contributed by atoms with van der Waals surface area (Å²) >= 11 is 5.42. The zero-order chi connectivity index (χ0) is 11.8. The zero-order valence-corrected chi connectivity index (χ0v) is 7.86. The number of carbonyl (C=O) groups is 1. The van der Waals surface area contributed by atoms with Gasteiger partial charge in [0.1, 0.15) is 0 Å². The number of alkyl halides is 3. The van der Waals surface area contributed by atoms with E-state index in [4.69, 9.17) is 22.4 Å². The second-order valence-corrected chi connectivity index (χ2v) is 3.13. The van der Waals surface area contributed by atoms with Crippen LogP contribution in [0, 0.1) is 0 Å². The maximum Gasteiger partial charge on any atom is 0.417 e. The van der Waals surface area contributed by atoms with Crippen molar-refractivity contribution in [2.24, 2.45) is 0 Å². The SMILES string of the molecule is Nc1cc(C(F)(F)F)c(C(=O)O)cc1Cl. The Morgan fingerprint density at radius 2 is 1.93 bits per heavy atom. The summed E-state index contributed by atoms with van der Waals surface area (Å²) in [6.07, 6.45) is -4.77. The lowest BCUT2D eigenvalue weighted by Crippen LogP contribution is -2.13. The van der Waals surface area contributed by atoms with Gasteiger partial charge in [-0.15, -0.1) is 0 Å². The third-order valence-corrected chi connectivity index (χ3v) is 2.00. The molecule has 0 saturated heterocycles. The van der Waals surface area contributed by atoms with Crippen molar-refractivity contribution in [3.63, 3.8) is 0 Å². The van der Waals surface area contributed by atoms with Gasteiger partial charge in [-0.1, -0.05) is 11.6 Å². The molecule has 0 heterocycles. The Hall–Kier alpha value is -1.43. The van der Waals surface area contributed by atoms with Crippen LogP contribution >= 0.6 is 11.6 Å². The standard InChI is InChI=1S/C8H5ClF3NO2/c9-5-1-3(7(14)15)4(2-6(5)13)8(10,11)12/h1-2H,13H2,(H,14,15). The number of benzene rings is 1. The van der Waals surface area contributed by atoms with E-state index in [0.717, 1.165) is 0 Å². The lowest BCUT2D eigenvalue weighted by atomic mass is 10.1. The van der Waals surface area contributed by atoms with Crippen molar-refractivity contribution in [2.75, 3.05) is 5.73 Å². The molecule has 0 unspecified atom stereocenters. The smallest absolute Gasteiger partial charge is 0.417 e. The van der Waals surface area contributed by atoms with Crippen LogP contribution in [0.5, 0.6) is 0 Å². The molecule has 0 amide bonds. The van der Waals surface area contributed by atoms with Crippen LogP contribution in [-0.4, -0.2) is 11.1 Å². The van der Waals surface area contributed by atoms with Gasteiger partial charge < -0.3 is 10.8 Å². The Morgan fingerprint density at radius 3 is 2.33 bits per heavy atom. The third-order valence-electron chi connectivity index (χ3n) is 1.67. The summed E-state index contributed by atoms with van der Waals surface area (Å²) in [6.45, 7) is 0. The fourth-order valence-electron chi connectivity index (χ4n) is 1.00. The summed E-state index contributed by atoms with van der Waals surface area (Å²) < 4.78 is 37.1. The highest BCUT2D eigenvalue weighted by molar-refractivity contribution is 6.33. The quantitative estimate of drug-likeness (QED) is 0.741. The number of halogens is 4. The van der Waals surface area contributed by atoms with Gasteiger partial charge in [0.15, 0.2) is 0 Å². The minimum Gasteiger partial charge on any atom is -0.478 e. The molecule has 0 atom stereocenters. The molecule has 0 saturated carbocycles. The van der Waals surface area contributed by atoms with Crippen LogP contribution in [-0.2, 0) is 6.18 Å². The van der Waals surface area contributed by atoms with Gasteiger partial charge in [0.05, 0.1) is 21.8 Å². The average molecular weight is 240 g/mol. The van der Waals surface area contributed by atoms with Crippen molar-refractivity contribution in [1.82, 2.24) is 0 Å². The topological polar surface area (TPSA) is 63.3 Å². The molecule has 1 aromatic rings. The Labute approximate surface area is 87.3 Å². The molecule has 0 aromatic heterocycles. The first-order chi connectivity index (χ1) is 6.73. The fourth-order valence-corrected chi connectivity index (χ4v) is 1.17. The van der Waals surface area contributed by atoms with Gasteiger partial charge in [0, 0.05) is 0 Å². The van der Waals surface area contributed by atoms with Crippen LogP contribution in [0.25, 0.3) is 0 Å². The molecule has 0 aliphatic heterocycles. The second-order valence-electron chi connectivity index (χ2n) is 2.72. The molecule has 82 valence electrons. The first kappa shape index (κ1) is 11.6. The Kier molecular flexibility index (Phi) is 2.81. The van der Waals surface area contributed by atoms with E-state index in [2.05, 4.69) is 0 Å². The molecule has 0 aliphatic rings. The fraction of sp³-hybridized carbons (Fsp3) is 0.125. The Morgan fingerprint density at radius 1 is 1.40 bits per heavy atom. The number of nitrogen functional groups attached to an aromatic ring is 1. The van der Waals surface area contributed by atoms with Crippen molar-refractivity contribution in [1.29, 1.82) is 0 Å². The van der Waals surface area contributed by atoms with E-state index in [0.29, 0.717) is 12.1 Å². The molecular formula is C8H5ClF3NO2. The summed E-state index contributed by atoms with van der Waals surface area (Å²) in [6, 6.07) is 1.19. The number of nitrogens with two attached hydrogens (primary N) is 1. The highest BCUT2D eigenvalue weighted by Gasteiger charge is 2.36. The molecule has 1 aromatic carbocycles. The third kappa shape index (κ3) is 2.33. The van der Waals surface area contributed by atoms with E-state index in [1.807, 2.05) is 0 Å². The monoisotopic (exact) mass is 239 g/mol. The number of aromatic carboxylic acids is 1. The molecule has 0 radical (unpaired) electrons. The van der Waals surface area contributed by atoms with Gasteiger partial charge >= 0.3 is 12.1 Å². The van der Waals surface area contributed by atoms with Crippen LogP contribution < -0.4 is 5.73 Å². The summed E-state index contributed by atoms with van der Waals surface area (Å²) in [4.78, 5) is 10.5. The van der Waals surface area contributed by atoms with E-state index in [1.54, 1.807) is 0 Å². The first-order valence-electron chi connectivity index (χ1n) is 3.63. The summed E-state index contributed by atoms with van der Waals surface area (Å²) in [7, 11) is 0. The first-order valence-corrected chi connectivity index (χ1v) is 4.01. The maximum absolute atomic E-state index is 12.4. The number of carboxylic acid groups (broad SMARTS) is 1. The number of hydrogen-bond donors (Lipinski definition) is 2. The number of anilines is 1. The molecule has 0 bridgehead atoms. The molecule has 1 rings (SSSR count). The largest absolute Gasteiger partial charge is 0.478 e. The van der Waals surface area contributed by atoms with Crippen LogP contribution in [0.1, 0.15) is 15.9 Å². The second kappa shape index (κ2) is 3.62. The minimum atomic E-state index is -4.77. The van der Waals surface area contributed by atoms with E-state index >= 15 is 0 Å². The normalized spacial score (nSPS) is 11.5. The van der Waals surface area contributed by atoms with Gasteiger partial charge in [-0.05, 0) is 12.1 Å². The van der Waals surface area contributed by atoms with Gasteiger partial charge in [-0.2, -0.15) is 13.2 Å². The Bertz CT molecular complexity index is 417. The van der Waals surface area contributed by atoms with Crippen molar-refractivity contribution >= 4 is 23.3 Å². The summed E-state index contributed by atoms with van der Waals surface area (Å²) in [5.41, 5.74) is 2.63. The van der Waals surface area contributed by atoms with E-state index in [9.17, 15) is 18.0 Å². The van der Waals surface area contributed by atoms with E-state index in [-0.39, 0.29) is 10.7 Å². The molecular weight excluding hydrogens is 235 g/mol. The van der Waals surface area contributed by atoms with Crippen LogP contribution in [0.15, 0.2) is 12.1 Å². The number of carboxylic acids is 1. The predicted molar refractivity (Wildman–Crippen MR) is 47.8 cm³/mol. The lowest BCUT2D eigenvalue weighted by Gasteiger charge is -2.11. The van der Waals surface area contributed by atoms with E-state index < -0.39 is 23.3 Å². The van der Waals surface area contributed by atoms with Crippen molar-refractivity contribution in [3.05, 3.63) is 28.3 Å². The molecule has 15 heavy (non-hydrogen) atoms. The van der Waals surface area contributed by atoms with Crippen LogP contribution in [0.2, 0.25) is 5.02 Å². The number of hydrogen-bond acceptors (Lipinski definition) is 2. The zero-order valence-electron chi connectivity index (χ0n) is 7.10. The summed E-state index contributed by atoms with van der Waals surface area (Å²) in [5.74, 6) is -1.70. The van der Waals surface area contributed by atoms with Crippen molar-refractivity contribution < 1.29 is 23.1 Å². The van der Waals surface area contributed by atoms with Gasteiger partial charge in [-0.25, -0.2) is 4.79 Å². The molecule has 0 fully saturated rings. The summed E-state index contributed by atoms with van der Waals surface area (Å²) in [5, 5.41) is 8.32. The van der Waals surface area contributed by atoms with Gasteiger partial charge in [0.2, 0.25) is 0 Å². The van der Waals surface area contributed by atoms with Crippen molar-refractivity contribution in [3.8, 4) is 0 Å². The molecule has 0 spiro atoms. The van der Waals surface area contributed by atoms with Gasteiger partial charge in [0.25, 0.3) is 0 Å². The minimum absolute atomic E-state index is 0.222. The van der Waals surface area contributed by atoms with Crippen LogP contribution in [0.4, 0.5) is 18.9 Å². The Balaban J connectivity index is 3.49. The molecule has 0 aliphatic carbocycles. The molecule has 3 nitrogen and oxygen atoms in total. The van der Waals surface area contributed by atoms with Crippen LogP contribution in [0.3, 0.4) is 0 Å². The highest BCUT2D eigenvalue weighted by Crippen LogP contribution is 2.35. The predicted octanol–water partition coefficient (Wildman–Crippen LogP) is 2.64. The highest BCUT2D eigenvalue weighted by atomic mass is 35.5. The molecule has 7 heteroatoms. The average Bonchev–Trinajstić information content (AvgIpc) is 2.06. The van der Waals surface area contributed by atoms with E-state index in [1.165, 1.54) is 0 Å². The van der Waals surface area contributed by atoms with Crippen molar-refractivity contribution in [2.45, 2.75) is 6.18 Å². The number of rotatable bonds is 1.